The van der Waals surface area contributed by atoms with E-state index in [4.69, 9.17) is 4.74 Å². The van der Waals surface area contributed by atoms with Crippen LogP contribution in [0.3, 0.4) is 0 Å². The first-order chi connectivity index (χ1) is 12.3. The van der Waals surface area contributed by atoms with Crippen LogP contribution in [-0.2, 0) is 14.3 Å². The summed E-state index contributed by atoms with van der Waals surface area (Å²) in [6.45, 7) is 5.98. The summed E-state index contributed by atoms with van der Waals surface area (Å²) in [4.78, 5) is 23.8. The van der Waals surface area contributed by atoms with Crippen LogP contribution in [0.15, 0.2) is 11.1 Å². The van der Waals surface area contributed by atoms with E-state index in [0.29, 0.717) is 24.2 Å². The van der Waals surface area contributed by atoms with Gasteiger partial charge >= 0.3 is 5.97 Å². The zero-order valence-electron chi connectivity index (χ0n) is 16.3. The number of carbonyl (C=O) groups excluding carboxylic acids is 2. The van der Waals surface area contributed by atoms with E-state index in [9.17, 15) is 14.7 Å². The van der Waals surface area contributed by atoms with E-state index < -0.39 is 0 Å². The fourth-order valence-electron chi connectivity index (χ4n) is 7.39. The molecule has 0 aliphatic heterocycles. The molecule has 0 radical (unpaired) electrons. The predicted molar refractivity (Wildman–Crippen MR) is 98.3 cm³/mol. The summed E-state index contributed by atoms with van der Waals surface area (Å²) < 4.78 is 5.71. The molecular formula is C22H32O4. The molecule has 144 valence electrons. The fourth-order valence-corrected chi connectivity index (χ4v) is 7.39. The minimum Gasteiger partial charge on any atom is -0.462 e. The zero-order chi connectivity index (χ0) is 18.7. The van der Waals surface area contributed by atoms with Crippen LogP contribution < -0.4 is 0 Å². The predicted octanol–water partition coefficient (Wildman–Crippen LogP) is 3.81. The number of Topliss-reactive ketones (excluding diaryl/α,β-unsaturated/α-hetero) is 1. The molecule has 0 aromatic rings. The normalized spacial score (nSPS) is 45.0. The molecule has 0 unspecified atom stereocenters. The Labute approximate surface area is 156 Å². The Morgan fingerprint density at radius 2 is 1.92 bits per heavy atom. The molecule has 4 aliphatic rings. The second-order valence-corrected chi connectivity index (χ2v) is 9.48. The lowest BCUT2D eigenvalue weighted by Crippen LogP contribution is -2.54. The van der Waals surface area contributed by atoms with Gasteiger partial charge in [0.25, 0.3) is 0 Å². The van der Waals surface area contributed by atoms with Gasteiger partial charge in [0.2, 0.25) is 0 Å². The largest absolute Gasteiger partial charge is 0.462 e. The Kier molecular flexibility index (Phi) is 4.33. The lowest BCUT2D eigenvalue weighted by Gasteiger charge is -2.58. The van der Waals surface area contributed by atoms with E-state index in [-0.39, 0.29) is 35.3 Å². The van der Waals surface area contributed by atoms with E-state index in [2.05, 4.69) is 6.92 Å². The van der Waals surface area contributed by atoms with Crippen molar-refractivity contribution in [3.8, 4) is 0 Å². The number of hydrogen-bond donors (Lipinski definition) is 1. The SMILES string of the molecule is CC(=O)O[C@H]1CC[C@H]2[C@@H]3CCC4=C(C)C(=O)CC[C@]4(CO)[C@H]3CC[C@]12C. The second-order valence-electron chi connectivity index (χ2n) is 9.48. The van der Waals surface area contributed by atoms with Crippen LogP contribution in [0.25, 0.3) is 0 Å². The van der Waals surface area contributed by atoms with Gasteiger partial charge in [-0.05, 0) is 75.2 Å². The van der Waals surface area contributed by atoms with Crippen molar-refractivity contribution in [3.63, 3.8) is 0 Å². The van der Waals surface area contributed by atoms with Gasteiger partial charge in [-0.1, -0.05) is 12.5 Å². The van der Waals surface area contributed by atoms with Gasteiger partial charge in [-0.15, -0.1) is 0 Å². The van der Waals surface area contributed by atoms with Crippen molar-refractivity contribution >= 4 is 11.8 Å². The lowest BCUT2D eigenvalue weighted by atomic mass is 9.46. The highest BCUT2D eigenvalue weighted by Crippen LogP contribution is 2.66. The average Bonchev–Trinajstić information content (AvgIpc) is 2.94. The molecule has 4 nitrogen and oxygen atoms in total. The molecule has 4 rings (SSSR count). The molecule has 0 aromatic carbocycles. The number of ether oxygens (including phenoxy) is 1. The molecule has 3 fully saturated rings. The summed E-state index contributed by atoms with van der Waals surface area (Å²) >= 11 is 0. The van der Waals surface area contributed by atoms with Gasteiger partial charge in [0, 0.05) is 24.2 Å². The van der Waals surface area contributed by atoms with Gasteiger partial charge in [-0.2, -0.15) is 0 Å². The molecule has 0 amide bonds. The topological polar surface area (TPSA) is 63.6 Å². The van der Waals surface area contributed by atoms with E-state index >= 15 is 0 Å². The smallest absolute Gasteiger partial charge is 0.302 e. The molecule has 0 saturated heterocycles. The summed E-state index contributed by atoms with van der Waals surface area (Å²) in [7, 11) is 0. The Hall–Kier alpha value is -1.16. The number of ketones is 1. The molecule has 0 bridgehead atoms. The molecule has 0 heterocycles. The van der Waals surface area contributed by atoms with Gasteiger partial charge < -0.3 is 9.84 Å². The van der Waals surface area contributed by atoms with Gasteiger partial charge in [0.1, 0.15) is 6.10 Å². The number of esters is 1. The molecule has 26 heavy (non-hydrogen) atoms. The first-order valence-corrected chi connectivity index (χ1v) is 10.3. The van der Waals surface area contributed by atoms with Crippen LogP contribution in [-0.4, -0.2) is 29.6 Å². The monoisotopic (exact) mass is 360 g/mol. The van der Waals surface area contributed by atoms with Crippen molar-refractivity contribution in [2.45, 2.75) is 78.2 Å². The van der Waals surface area contributed by atoms with Crippen LogP contribution in [0.1, 0.15) is 72.1 Å². The number of aliphatic hydroxyl groups excluding tert-OH is 1. The van der Waals surface area contributed by atoms with Crippen LogP contribution in [0.5, 0.6) is 0 Å². The average molecular weight is 360 g/mol. The molecule has 1 N–H and O–H groups in total. The van der Waals surface area contributed by atoms with Crippen LogP contribution >= 0.6 is 0 Å². The maximum Gasteiger partial charge on any atom is 0.302 e. The van der Waals surface area contributed by atoms with E-state index in [1.165, 1.54) is 12.5 Å². The molecule has 4 aliphatic carbocycles. The third-order valence-electron chi connectivity index (χ3n) is 8.65. The zero-order valence-corrected chi connectivity index (χ0v) is 16.3. The summed E-state index contributed by atoms with van der Waals surface area (Å²) in [5, 5.41) is 10.5. The Morgan fingerprint density at radius 1 is 1.15 bits per heavy atom. The maximum atomic E-state index is 12.3. The van der Waals surface area contributed by atoms with Gasteiger partial charge in [0.15, 0.2) is 5.78 Å². The molecule has 0 aromatic heterocycles. The lowest BCUT2D eigenvalue weighted by molar-refractivity contribution is -0.158. The second kappa shape index (κ2) is 6.19. The highest BCUT2D eigenvalue weighted by Gasteiger charge is 2.61. The van der Waals surface area contributed by atoms with Crippen molar-refractivity contribution in [3.05, 3.63) is 11.1 Å². The van der Waals surface area contributed by atoms with Crippen molar-refractivity contribution < 1.29 is 19.4 Å². The Bertz CT molecular complexity index is 665. The Balaban J connectivity index is 1.67. The van der Waals surface area contributed by atoms with Crippen LogP contribution in [0.4, 0.5) is 0 Å². The third kappa shape index (κ3) is 2.37. The van der Waals surface area contributed by atoms with Gasteiger partial charge in [-0.25, -0.2) is 0 Å². The number of aliphatic hydroxyl groups is 1. The minimum atomic E-state index is -0.179. The molecule has 6 atom stereocenters. The maximum absolute atomic E-state index is 12.3. The Morgan fingerprint density at radius 3 is 2.62 bits per heavy atom. The number of carbonyl (C=O) groups is 2. The number of rotatable bonds is 2. The highest BCUT2D eigenvalue weighted by atomic mass is 16.5. The summed E-state index contributed by atoms with van der Waals surface area (Å²) in [6.07, 6.45) is 7.71. The number of fused-ring (bicyclic) bond motifs is 5. The van der Waals surface area contributed by atoms with E-state index in [1.54, 1.807) is 0 Å². The highest BCUT2D eigenvalue weighted by molar-refractivity contribution is 5.96. The molecule has 3 saturated carbocycles. The van der Waals surface area contributed by atoms with Crippen molar-refractivity contribution in [1.29, 1.82) is 0 Å². The van der Waals surface area contributed by atoms with Crippen molar-refractivity contribution in [1.82, 2.24) is 0 Å². The molecular weight excluding hydrogens is 328 g/mol. The van der Waals surface area contributed by atoms with E-state index in [0.717, 1.165) is 50.5 Å². The van der Waals surface area contributed by atoms with Crippen molar-refractivity contribution in [2.24, 2.45) is 28.6 Å². The summed E-state index contributed by atoms with van der Waals surface area (Å²) in [6, 6.07) is 0. The van der Waals surface area contributed by atoms with Crippen LogP contribution in [0.2, 0.25) is 0 Å². The summed E-state index contributed by atoms with van der Waals surface area (Å²) in [5.74, 6) is 1.72. The molecule has 0 spiro atoms. The third-order valence-corrected chi connectivity index (χ3v) is 8.65. The fraction of sp³-hybridized carbons (Fsp3) is 0.818. The van der Waals surface area contributed by atoms with Gasteiger partial charge in [0.05, 0.1) is 6.61 Å². The quantitative estimate of drug-likeness (QED) is 0.761. The minimum absolute atomic E-state index is 0.0441. The van der Waals surface area contributed by atoms with Crippen molar-refractivity contribution in [2.75, 3.05) is 6.61 Å². The summed E-state index contributed by atoms with van der Waals surface area (Å²) in [5.41, 5.74) is 2.09. The van der Waals surface area contributed by atoms with E-state index in [1.807, 2.05) is 6.92 Å². The van der Waals surface area contributed by atoms with Gasteiger partial charge in [-0.3, -0.25) is 9.59 Å². The van der Waals surface area contributed by atoms with Crippen LogP contribution in [0, 0.1) is 28.6 Å². The first kappa shape index (κ1) is 18.2. The number of hydrogen-bond acceptors (Lipinski definition) is 4. The molecule has 4 heteroatoms. The standard InChI is InChI=1S/C22H32O4/c1-13-16-5-4-15-17-6-7-20(26-14(2)24)21(17,3)10-8-18(15)22(16,12-23)11-9-19(13)25/h15,17-18,20,23H,4-12H2,1-3H3/t15-,17-,18-,20-,21-,22+/m0/s1. The first-order valence-electron chi connectivity index (χ1n) is 10.3.